The van der Waals surface area contributed by atoms with Crippen LogP contribution in [0.25, 0.3) is 0 Å². The summed E-state index contributed by atoms with van der Waals surface area (Å²) in [5.74, 6) is 0. The predicted octanol–water partition coefficient (Wildman–Crippen LogP) is 3.20. The summed E-state index contributed by atoms with van der Waals surface area (Å²) in [5, 5.41) is 3.38. The molecule has 1 aromatic rings. The highest BCUT2D eigenvalue weighted by Gasteiger charge is 1.99. The molecule has 0 spiro atoms. The fraction of sp³-hybridized carbons (Fsp3) is 0.571. The van der Waals surface area contributed by atoms with E-state index in [1.165, 1.54) is 6.42 Å². The summed E-state index contributed by atoms with van der Waals surface area (Å²) in [6, 6.07) is 5.96. The van der Waals surface area contributed by atoms with Gasteiger partial charge in [-0.3, -0.25) is 0 Å². The molecule has 0 unspecified atom stereocenters. The van der Waals surface area contributed by atoms with Crippen LogP contribution >= 0.6 is 0 Å². The van der Waals surface area contributed by atoms with Gasteiger partial charge in [0.2, 0.25) is 0 Å². The summed E-state index contributed by atoms with van der Waals surface area (Å²) in [6.45, 7) is 6.85. The molecule has 0 atom stereocenters. The molecular formula is C14H24N2O. The van der Waals surface area contributed by atoms with Gasteiger partial charge in [-0.2, -0.15) is 0 Å². The lowest BCUT2D eigenvalue weighted by Crippen LogP contribution is -2.07. The average molecular weight is 236 g/mol. The first-order valence-corrected chi connectivity index (χ1v) is 6.42. The molecule has 1 aromatic carbocycles. The molecule has 3 heteroatoms. The Kier molecular flexibility index (Phi) is 6.48. The van der Waals surface area contributed by atoms with Gasteiger partial charge in [-0.25, -0.2) is 0 Å². The van der Waals surface area contributed by atoms with E-state index >= 15 is 0 Å². The summed E-state index contributed by atoms with van der Waals surface area (Å²) in [4.78, 5) is 0. The van der Waals surface area contributed by atoms with E-state index in [4.69, 9.17) is 10.5 Å². The Balaban J connectivity index is 2.16. The van der Waals surface area contributed by atoms with Gasteiger partial charge in [0.05, 0.1) is 0 Å². The molecule has 0 saturated heterocycles. The van der Waals surface area contributed by atoms with Gasteiger partial charge >= 0.3 is 0 Å². The van der Waals surface area contributed by atoms with Gasteiger partial charge in [-0.05, 0) is 37.5 Å². The number of rotatable bonds is 8. The van der Waals surface area contributed by atoms with Crippen molar-refractivity contribution in [2.45, 2.75) is 33.1 Å². The number of ether oxygens (including phenoxy) is 1. The summed E-state index contributed by atoms with van der Waals surface area (Å²) < 4.78 is 5.50. The van der Waals surface area contributed by atoms with Crippen LogP contribution in [0.2, 0.25) is 0 Å². The third-order valence-electron chi connectivity index (χ3n) is 2.80. The maximum Gasteiger partial charge on any atom is 0.0482 e. The molecule has 3 nitrogen and oxygen atoms in total. The first-order chi connectivity index (χ1) is 8.25. The van der Waals surface area contributed by atoms with Crippen LogP contribution in [0.15, 0.2) is 18.2 Å². The zero-order valence-electron chi connectivity index (χ0n) is 11.0. The molecule has 17 heavy (non-hydrogen) atoms. The maximum absolute atomic E-state index is 5.84. The molecule has 0 bridgehead atoms. The molecule has 96 valence electrons. The van der Waals surface area contributed by atoms with Gasteiger partial charge in [0.15, 0.2) is 0 Å². The van der Waals surface area contributed by atoms with E-state index in [0.717, 1.165) is 49.5 Å². The smallest absolute Gasteiger partial charge is 0.0482 e. The van der Waals surface area contributed by atoms with Crippen LogP contribution < -0.4 is 11.1 Å². The minimum absolute atomic E-state index is 0.828. The highest BCUT2D eigenvalue weighted by molar-refractivity contribution is 5.62. The highest BCUT2D eigenvalue weighted by atomic mass is 16.5. The molecule has 0 amide bonds. The van der Waals surface area contributed by atoms with E-state index in [2.05, 4.69) is 18.3 Å². The number of nitrogens with two attached hydrogens (primary N) is 1. The van der Waals surface area contributed by atoms with Crippen LogP contribution in [0, 0.1) is 6.92 Å². The second-order valence-electron chi connectivity index (χ2n) is 4.27. The minimum atomic E-state index is 0.828. The van der Waals surface area contributed by atoms with Gasteiger partial charge in [-0.15, -0.1) is 0 Å². The average Bonchev–Trinajstić information content (AvgIpc) is 2.33. The topological polar surface area (TPSA) is 47.3 Å². The van der Waals surface area contributed by atoms with Crippen molar-refractivity contribution >= 4 is 11.4 Å². The Morgan fingerprint density at radius 3 is 2.76 bits per heavy atom. The second kappa shape index (κ2) is 7.96. The van der Waals surface area contributed by atoms with E-state index in [9.17, 15) is 0 Å². The predicted molar refractivity (Wildman–Crippen MR) is 74.4 cm³/mol. The molecule has 0 saturated carbocycles. The first-order valence-electron chi connectivity index (χ1n) is 6.42. The van der Waals surface area contributed by atoms with Gasteiger partial charge in [0.25, 0.3) is 0 Å². The molecule has 3 N–H and O–H groups in total. The lowest BCUT2D eigenvalue weighted by atomic mass is 10.1. The summed E-state index contributed by atoms with van der Waals surface area (Å²) in [6.07, 6.45) is 3.38. The second-order valence-corrected chi connectivity index (χ2v) is 4.27. The number of benzene rings is 1. The Morgan fingerprint density at radius 1 is 1.24 bits per heavy atom. The van der Waals surface area contributed by atoms with Gasteiger partial charge < -0.3 is 15.8 Å². The fourth-order valence-electron chi connectivity index (χ4n) is 1.59. The molecule has 1 rings (SSSR count). The van der Waals surface area contributed by atoms with E-state index in [1.54, 1.807) is 0 Å². The summed E-state index contributed by atoms with van der Waals surface area (Å²) in [7, 11) is 0. The van der Waals surface area contributed by atoms with E-state index < -0.39 is 0 Å². The van der Waals surface area contributed by atoms with Crippen molar-refractivity contribution in [3.05, 3.63) is 23.8 Å². The Labute approximate surface area is 104 Å². The molecule has 0 radical (unpaired) electrons. The third kappa shape index (κ3) is 5.09. The van der Waals surface area contributed by atoms with Crippen molar-refractivity contribution in [2.24, 2.45) is 0 Å². The summed E-state index contributed by atoms with van der Waals surface area (Å²) >= 11 is 0. The number of unbranched alkanes of at least 4 members (excludes halogenated alkanes) is 1. The Morgan fingerprint density at radius 2 is 2.00 bits per heavy atom. The van der Waals surface area contributed by atoms with Crippen molar-refractivity contribution in [1.29, 1.82) is 0 Å². The Hall–Kier alpha value is -1.22. The van der Waals surface area contributed by atoms with Crippen LogP contribution in [-0.4, -0.2) is 19.8 Å². The van der Waals surface area contributed by atoms with Crippen molar-refractivity contribution in [1.82, 2.24) is 0 Å². The van der Waals surface area contributed by atoms with Gasteiger partial charge in [0.1, 0.15) is 0 Å². The van der Waals surface area contributed by atoms with E-state index in [1.807, 2.05) is 19.1 Å². The largest absolute Gasteiger partial charge is 0.398 e. The van der Waals surface area contributed by atoms with Crippen molar-refractivity contribution < 1.29 is 4.74 Å². The number of hydrogen-bond donors (Lipinski definition) is 2. The lowest BCUT2D eigenvalue weighted by Gasteiger charge is -2.11. The zero-order chi connectivity index (χ0) is 12.5. The molecule has 0 aliphatic carbocycles. The van der Waals surface area contributed by atoms with Crippen LogP contribution in [-0.2, 0) is 4.74 Å². The summed E-state index contributed by atoms with van der Waals surface area (Å²) in [5.41, 5.74) is 8.93. The van der Waals surface area contributed by atoms with Crippen molar-refractivity contribution in [3.8, 4) is 0 Å². The molecule has 0 heterocycles. The van der Waals surface area contributed by atoms with Crippen LogP contribution in [0.5, 0.6) is 0 Å². The van der Waals surface area contributed by atoms with Crippen molar-refractivity contribution in [2.75, 3.05) is 30.8 Å². The number of nitrogen functional groups attached to an aromatic ring is 1. The number of nitrogens with one attached hydrogen (secondary N) is 1. The SMILES string of the molecule is CCCCOCCCNc1cccc(N)c1C. The van der Waals surface area contributed by atoms with Gasteiger partial charge in [-0.1, -0.05) is 19.4 Å². The monoisotopic (exact) mass is 236 g/mol. The quantitative estimate of drug-likeness (QED) is 0.538. The van der Waals surface area contributed by atoms with Crippen LogP contribution in [0.1, 0.15) is 31.7 Å². The third-order valence-corrected chi connectivity index (χ3v) is 2.80. The fourth-order valence-corrected chi connectivity index (χ4v) is 1.59. The molecule has 0 aromatic heterocycles. The highest BCUT2D eigenvalue weighted by Crippen LogP contribution is 2.20. The normalized spacial score (nSPS) is 10.5. The van der Waals surface area contributed by atoms with Crippen molar-refractivity contribution in [3.63, 3.8) is 0 Å². The molecule has 0 aliphatic heterocycles. The number of hydrogen-bond acceptors (Lipinski definition) is 3. The Bertz CT molecular complexity index is 326. The molecule has 0 aliphatic rings. The van der Waals surface area contributed by atoms with Crippen LogP contribution in [0.3, 0.4) is 0 Å². The lowest BCUT2D eigenvalue weighted by molar-refractivity contribution is 0.131. The van der Waals surface area contributed by atoms with Gasteiger partial charge in [0, 0.05) is 31.1 Å². The zero-order valence-corrected chi connectivity index (χ0v) is 11.0. The van der Waals surface area contributed by atoms with Crippen LogP contribution in [0.4, 0.5) is 11.4 Å². The number of anilines is 2. The first kappa shape index (κ1) is 13.8. The standard InChI is InChI=1S/C14H24N2O/c1-3-4-10-17-11-6-9-16-14-8-5-7-13(15)12(14)2/h5,7-8,16H,3-4,6,9-11,15H2,1-2H3. The van der Waals surface area contributed by atoms with E-state index in [-0.39, 0.29) is 0 Å². The maximum atomic E-state index is 5.84. The molecule has 0 fully saturated rings. The minimum Gasteiger partial charge on any atom is -0.398 e. The van der Waals surface area contributed by atoms with E-state index in [0.29, 0.717) is 0 Å². The molecular weight excluding hydrogens is 212 g/mol.